The van der Waals surface area contributed by atoms with Gasteiger partial charge in [0.1, 0.15) is 6.10 Å². The first-order chi connectivity index (χ1) is 10.9. The summed E-state index contributed by atoms with van der Waals surface area (Å²) >= 11 is 0. The van der Waals surface area contributed by atoms with E-state index in [0.717, 1.165) is 6.42 Å². The van der Waals surface area contributed by atoms with Gasteiger partial charge in [-0.05, 0) is 44.0 Å². The molecule has 0 radical (unpaired) electrons. The molecule has 1 amide bonds. The fraction of sp³-hybridized carbons (Fsp3) is 0.533. The molecule has 1 heterocycles. The average Bonchev–Trinajstić information content (AvgIpc) is 2.95. The lowest BCUT2D eigenvalue weighted by atomic mass is 10.2. The van der Waals surface area contributed by atoms with Gasteiger partial charge < -0.3 is 14.8 Å². The minimum atomic E-state index is -3.57. The molecule has 7 nitrogen and oxygen atoms in total. The van der Waals surface area contributed by atoms with Gasteiger partial charge in [-0.15, -0.1) is 0 Å². The normalized spacial score (nSPS) is 21.3. The largest absolute Gasteiger partial charge is 0.383 e. The van der Waals surface area contributed by atoms with Crippen LogP contribution in [0.3, 0.4) is 0 Å². The van der Waals surface area contributed by atoms with E-state index in [1.54, 1.807) is 12.1 Å². The lowest BCUT2D eigenvalue weighted by Gasteiger charge is -2.12. The second kappa shape index (κ2) is 7.87. The molecule has 128 valence electrons. The standard InChI is InChI=1S/C15H22N2O5S/c1-11-3-8-14(22-11)15(18)17-12-4-6-13(7-5-12)23(19,20)16-9-10-21-2/h4-7,11,14,16H,3,8-10H2,1-2H3,(H,17,18)/t11-,14-/m0/s1. The van der Waals surface area contributed by atoms with E-state index < -0.39 is 16.1 Å². The summed E-state index contributed by atoms with van der Waals surface area (Å²) in [6, 6.07) is 6.01. The van der Waals surface area contributed by atoms with Crippen molar-refractivity contribution in [2.75, 3.05) is 25.6 Å². The van der Waals surface area contributed by atoms with Crippen molar-refractivity contribution in [1.82, 2.24) is 4.72 Å². The van der Waals surface area contributed by atoms with E-state index in [-0.39, 0.29) is 23.5 Å². The number of nitrogens with one attached hydrogen (secondary N) is 2. The van der Waals surface area contributed by atoms with Crippen molar-refractivity contribution in [2.45, 2.75) is 36.9 Å². The number of hydrogen-bond donors (Lipinski definition) is 2. The number of benzene rings is 1. The lowest BCUT2D eigenvalue weighted by Crippen LogP contribution is -2.28. The first-order valence-corrected chi connectivity index (χ1v) is 8.95. The summed E-state index contributed by atoms with van der Waals surface area (Å²) in [5.74, 6) is -0.205. The molecule has 0 saturated carbocycles. The van der Waals surface area contributed by atoms with Crippen LogP contribution in [0.1, 0.15) is 19.8 Å². The lowest BCUT2D eigenvalue weighted by molar-refractivity contribution is -0.126. The highest BCUT2D eigenvalue weighted by molar-refractivity contribution is 7.89. The van der Waals surface area contributed by atoms with Crippen LogP contribution in [0.25, 0.3) is 0 Å². The van der Waals surface area contributed by atoms with Crippen LogP contribution in [-0.4, -0.2) is 46.8 Å². The Morgan fingerprint density at radius 2 is 2.00 bits per heavy atom. The highest BCUT2D eigenvalue weighted by Gasteiger charge is 2.28. The number of ether oxygens (including phenoxy) is 2. The molecule has 0 aliphatic carbocycles. The van der Waals surface area contributed by atoms with Gasteiger partial charge in [0.05, 0.1) is 17.6 Å². The van der Waals surface area contributed by atoms with Crippen LogP contribution >= 0.6 is 0 Å². The Kier molecular flexibility index (Phi) is 6.11. The summed E-state index contributed by atoms with van der Waals surface area (Å²) in [6.45, 7) is 2.44. The van der Waals surface area contributed by atoms with Crippen molar-refractivity contribution in [3.63, 3.8) is 0 Å². The average molecular weight is 342 g/mol. The molecule has 1 aliphatic heterocycles. The third kappa shape index (κ3) is 5.00. The number of anilines is 1. The maximum atomic E-state index is 12.0. The fourth-order valence-electron chi connectivity index (χ4n) is 2.30. The van der Waals surface area contributed by atoms with E-state index in [1.165, 1.54) is 19.2 Å². The number of carbonyl (C=O) groups is 1. The van der Waals surface area contributed by atoms with Crippen LogP contribution in [0.2, 0.25) is 0 Å². The predicted octanol–water partition coefficient (Wildman–Crippen LogP) is 1.12. The van der Waals surface area contributed by atoms with Gasteiger partial charge in [-0.25, -0.2) is 13.1 Å². The van der Waals surface area contributed by atoms with Gasteiger partial charge in [-0.3, -0.25) is 4.79 Å². The Morgan fingerprint density at radius 3 is 2.57 bits per heavy atom. The summed E-state index contributed by atoms with van der Waals surface area (Å²) < 4.78 is 36.8. The molecule has 0 aromatic heterocycles. The van der Waals surface area contributed by atoms with Crippen molar-refractivity contribution >= 4 is 21.6 Å². The molecular formula is C15H22N2O5S. The smallest absolute Gasteiger partial charge is 0.253 e. The van der Waals surface area contributed by atoms with Crippen LogP contribution < -0.4 is 10.0 Å². The summed E-state index contributed by atoms with van der Waals surface area (Å²) in [6.07, 6.45) is 1.21. The molecule has 2 rings (SSSR count). The minimum Gasteiger partial charge on any atom is -0.383 e. The van der Waals surface area contributed by atoms with E-state index in [4.69, 9.17) is 9.47 Å². The molecule has 23 heavy (non-hydrogen) atoms. The van der Waals surface area contributed by atoms with Crippen LogP contribution in [0, 0.1) is 0 Å². The molecule has 2 atom stereocenters. The first kappa shape index (κ1) is 17.9. The monoisotopic (exact) mass is 342 g/mol. The van der Waals surface area contributed by atoms with Crippen LogP contribution in [0.5, 0.6) is 0 Å². The first-order valence-electron chi connectivity index (χ1n) is 7.47. The van der Waals surface area contributed by atoms with Crippen molar-refractivity contribution in [3.8, 4) is 0 Å². The number of methoxy groups -OCH3 is 1. The molecule has 1 aromatic rings. The Hall–Kier alpha value is -1.48. The van der Waals surface area contributed by atoms with E-state index in [2.05, 4.69) is 10.0 Å². The van der Waals surface area contributed by atoms with Crippen LogP contribution in [0.15, 0.2) is 29.2 Å². The zero-order valence-corrected chi connectivity index (χ0v) is 14.1. The van der Waals surface area contributed by atoms with E-state index >= 15 is 0 Å². The van der Waals surface area contributed by atoms with Gasteiger partial charge >= 0.3 is 0 Å². The summed E-state index contributed by atoms with van der Waals surface area (Å²) in [5.41, 5.74) is 0.536. The minimum absolute atomic E-state index is 0.0939. The van der Waals surface area contributed by atoms with E-state index in [0.29, 0.717) is 18.7 Å². The van der Waals surface area contributed by atoms with Crippen molar-refractivity contribution < 1.29 is 22.7 Å². The molecule has 1 aromatic carbocycles. The number of hydrogen-bond acceptors (Lipinski definition) is 5. The van der Waals surface area contributed by atoms with Gasteiger partial charge in [0.2, 0.25) is 10.0 Å². The maximum absolute atomic E-state index is 12.0. The Labute approximate surface area is 136 Å². The van der Waals surface area contributed by atoms with Gasteiger partial charge in [-0.1, -0.05) is 0 Å². The summed E-state index contributed by atoms with van der Waals surface area (Å²) in [7, 11) is -2.07. The maximum Gasteiger partial charge on any atom is 0.253 e. The van der Waals surface area contributed by atoms with Gasteiger partial charge in [0, 0.05) is 19.3 Å². The quantitative estimate of drug-likeness (QED) is 0.724. The van der Waals surface area contributed by atoms with E-state index in [1.807, 2.05) is 6.92 Å². The third-order valence-corrected chi connectivity index (χ3v) is 5.03. The van der Waals surface area contributed by atoms with Crippen molar-refractivity contribution in [3.05, 3.63) is 24.3 Å². The highest BCUT2D eigenvalue weighted by atomic mass is 32.2. The van der Waals surface area contributed by atoms with Gasteiger partial charge in [-0.2, -0.15) is 0 Å². The molecule has 0 unspecified atom stereocenters. The Morgan fingerprint density at radius 1 is 1.30 bits per heavy atom. The highest BCUT2D eigenvalue weighted by Crippen LogP contribution is 2.21. The van der Waals surface area contributed by atoms with Crippen molar-refractivity contribution in [1.29, 1.82) is 0 Å². The van der Waals surface area contributed by atoms with E-state index in [9.17, 15) is 13.2 Å². The molecule has 8 heteroatoms. The SMILES string of the molecule is COCCNS(=O)(=O)c1ccc(NC(=O)[C@@H]2CC[C@H](C)O2)cc1. The zero-order chi connectivity index (χ0) is 16.9. The number of carbonyl (C=O) groups excluding carboxylic acids is 1. The second-order valence-electron chi connectivity index (χ2n) is 5.42. The van der Waals surface area contributed by atoms with Crippen LogP contribution in [0.4, 0.5) is 5.69 Å². The predicted molar refractivity (Wildman–Crippen MR) is 85.7 cm³/mol. The van der Waals surface area contributed by atoms with Crippen LogP contribution in [-0.2, 0) is 24.3 Å². The summed E-state index contributed by atoms with van der Waals surface area (Å²) in [5, 5.41) is 2.74. The molecule has 2 N–H and O–H groups in total. The molecular weight excluding hydrogens is 320 g/mol. The second-order valence-corrected chi connectivity index (χ2v) is 7.18. The number of amides is 1. The molecule has 1 saturated heterocycles. The Bertz CT molecular complexity index is 630. The molecule has 1 fully saturated rings. The fourth-order valence-corrected chi connectivity index (χ4v) is 3.31. The molecule has 1 aliphatic rings. The molecule has 0 spiro atoms. The number of rotatable bonds is 7. The zero-order valence-electron chi connectivity index (χ0n) is 13.2. The van der Waals surface area contributed by atoms with Gasteiger partial charge in [0.25, 0.3) is 5.91 Å². The Balaban J connectivity index is 1.95. The molecule has 0 bridgehead atoms. The summed E-state index contributed by atoms with van der Waals surface area (Å²) in [4.78, 5) is 12.2. The van der Waals surface area contributed by atoms with Gasteiger partial charge in [0.15, 0.2) is 0 Å². The topological polar surface area (TPSA) is 93.7 Å². The third-order valence-electron chi connectivity index (χ3n) is 3.55. The number of sulfonamides is 1. The van der Waals surface area contributed by atoms with Crippen molar-refractivity contribution in [2.24, 2.45) is 0 Å².